The number of aryl methyl sites for hydroxylation is 2. The van der Waals surface area contributed by atoms with E-state index in [4.69, 9.17) is 9.94 Å². The van der Waals surface area contributed by atoms with Crippen molar-refractivity contribution in [3.8, 4) is 5.75 Å². The average molecular weight is 181 g/mol. The maximum atomic E-state index is 8.35. The van der Waals surface area contributed by atoms with Crippen LogP contribution in [0.1, 0.15) is 11.1 Å². The van der Waals surface area contributed by atoms with Crippen molar-refractivity contribution in [2.45, 2.75) is 13.8 Å². The molecule has 0 heterocycles. The zero-order valence-electron chi connectivity index (χ0n) is 8.00. The minimum Gasteiger partial charge on any atom is -0.492 e. The Labute approximate surface area is 78.3 Å². The van der Waals surface area contributed by atoms with Crippen molar-refractivity contribution in [3.05, 3.63) is 29.3 Å². The fraction of sp³-hybridized carbons (Fsp3) is 0.400. The Hall–Kier alpha value is -1.06. The van der Waals surface area contributed by atoms with Crippen molar-refractivity contribution in [1.29, 1.82) is 0 Å². The van der Waals surface area contributed by atoms with Gasteiger partial charge in [0.05, 0.1) is 6.54 Å². The molecular formula is C10H15NO2. The number of nitrogens with one attached hydrogen (secondary N) is 1. The van der Waals surface area contributed by atoms with Crippen molar-refractivity contribution in [1.82, 2.24) is 5.48 Å². The van der Waals surface area contributed by atoms with Gasteiger partial charge in [-0.15, -0.1) is 0 Å². The number of hydroxylamine groups is 1. The summed E-state index contributed by atoms with van der Waals surface area (Å²) in [6, 6.07) is 6.02. The molecule has 3 heteroatoms. The monoisotopic (exact) mass is 181 g/mol. The molecule has 0 saturated heterocycles. The van der Waals surface area contributed by atoms with Gasteiger partial charge in [0.25, 0.3) is 0 Å². The van der Waals surface area contributed by atoms with Crippen molar-refractivity contribution in [2.75, 3.05) is 13.2 Å². The van der Waals surface area contributed by atoms with E-state index in [1.807, 2.05) is 32.0 Å². The third-order valence-electron chi connectivity index (χ3n) is 1.87. The zero-order chi connectivity index (χ0) is 9.68. The first-order valence-electron chi connectivity index (χ1n) is 4.31. The summed E-state index contributed by atoms with van der Waals surface area (Å²) < 4.78 is 5.49. The molecule has 2 N–H and O–H groups in total. The SMILES string of the molecule is Cc1cccc(C)c1OCCNO. The van der Waals surface area contributed by atoms with E-state index >= 15 is 0 Å². The quantitative estimate of drug-likeness (QED) is 0.548. The summed E-state index contributed by atoms with van der Waals surface area (Å²) in [4.78, 5) is 0. The first-order chi connectivity index (χ1) is 6.25. The fourth-order valence-electron chi connectivity index (χ4n) is 1.23. The molecule has 0 fully saturated rings. The second-order valence-corrected chi connectivity index (χ2v) is 2.98. The topological polar surface area (TPSA) is 41.5 Å². The molecule has 1 rings (SSSR count). The molecule has 13 heavy (non-hydrogen) atoms. The van der Waals surface area contributed by atoms with Crippen LogP contribution in [0.4, 0.5) is 0 Å². The molecule has 0 saturated carbocycles. The van der Waals surface area contributed by atoms with E-state index in [0.717, 1.165) is 16.9 Å². The number of para-hydroxylation sites is 1. The van der Waals surface area contributed by atoms with Crippen molar-refractivity contribution < 1.29 is 9.94 Å². The van der Waals surface area contributed by atoms with Gasteiger partial charge in [-0.25, -0.2) is 5.48 Å². The summed E-state index contributed by atoms with van der Waals surface area (Å²) in [5.41, 5.74) is 4.30. The summed E-state index contributed by atoms with van der Waals surface area (Å²) in [6.07, 6.45) is 0. The van der Waals surface area contributed by atoms with Crippen LogP contribution in [-0.4, -0.2) is 18.4 Å². The summed E-state index contributed by atoms with van der Waals surface area (Å²) in [5, 5.41) is 8.35. The Balaban J connectivity index is 2.64. The molecule has 0 spiro atoms. The lowest BCUT2D eigenvalue weighted by Crippen LogP contribution is -2.17. The first-order valence-corrected chi connectivity index (χ1v) is 4.31. The largest absolute Gasteiger partial charge is 0.492 e. The van der Waals surface area contributed by atoms with E-state index in [0.29, 0.717) is 13.2 Å². The van der Waals surface area contributed by atoms with Crippen LogP contribution in [0, 0.1) is 13.8 Å². The van der Waals surface area contributed by atoms with E-state index in [9.17, 15) is 0 Å². The van der Waals surface area contributed by atoms with Gasteiger partial charge in [-0.05, 0) is 25.0 Å². The minimum absolute atomic E-state index is 0.438. The van der Waals surface area contributed by atoms with Crippen molar-refractivity contribution >= 4 is 0 Å². The lowest BCUT2D eigenvalue weighted by atomic mass is 10.1. The van der Waals surface area contributed by atoms with Gasteiger partial charge >= 0.3 is 0 Å². The highest BCUT2D eigenvalue weighted by Gasteiger charge is 2.01. The summed E-state index contributed by atoms with van der Waals surface area (Å²) in [5.74, 6) is 0.915. The van der Waals surface area contributed by atoms with Crippen LogP contribution in [0.15, 0.2) is 18.2 Å². The molecule has 1 aromatic carbocycles. The number of benzene rings is 1. The minimum atomic E-state index is 0.438. The Morgan fingerprint density at radius 1 is 1.31 bits per heavy atom. The highest BCUT2D eigenvalue weighted by Crippen LogP contribution is 2.21. The molecule has 0 aromatic heterocycles. The molecule has 0 amide bonds. The average Bonchev–Trinajstić information content (AvgIpc) is 2.10. The van der Waals surface area contributed by atoms with Crippen LogP contribution in [0.2, 0.25) is 0 Å². The lowest BCUT2D eigenvalue weighted by Gasteiger charge is -2.10. The molecule has 0 unspecified atom stereocenters. The van der Waals surface area contributed by atoms with Gasteiger partial charge in [0, 0.05) is 0 Å². The maximum Gasteiger partial charge on any atom is 0.125 e. The molecule has 72 valence electrons. The Morgan fingerprint density at radius 2 is 1.92 bits per heavy atom. The van der Waals surface area contributed by atoms with Crippen molar-refractivity contribution in [2.24, 2.45) is 0 Å². The normalized spacial score (nSPS) is 10.1. The van der Waals surface area contributed by atoms with Crippen LogP contribution >= 0.6 is 0 Å². The number of hydrogen-bond donors (Lipinski definition) is 2. The number of hydrogen-bond acceptors (Lipinski definition) is 3. The predicted octanol–water partition coefficient (Wildman–Crippen LogP) is 1.66. The molecule has 0 atom stereocenters. The third-order valence-corrected chi connectivity index (χ3v) is 1.87. The summed E-state index contributed by atoms with van der Waals surface area (Å²) in [7, 11) is 0. The fourth-order valence-corrected chi connectivity index (χ4v) is 1.23. The van der Waals surface area contributed by atoms with Crippen molar-refractivity contribution in [3.63, 3.8) is 0 Å². The summed E-state index contributed by atoms with van der Waals surface area (Å²) >= 11 is 0. The standard InChI is InChI=1S/C10H15NO2/c1-8-4-3-5-9(2)10(8)13-7-6-11-12/h3-5,11-12H,6-7H2,1-2H3. The second-order valence-electron chi connectivity index (χ2n) is 2.98. The van der Waals surface area contributed by atoms with Gasteiger partial charge in [0.15, 0.2) is 0 Å². The predicted molar refractivity (Wildman–Crippen MR) is 51.2 cm³/mol. The maximum absolute atomic E-state index is 8.35. The molecular weight excluding hydrogens is 166 g/mol. The Kier molecular flexibility index (Phi) is 3.73. The third kappa shape index (κ3) is 2.72. The van der Waals surface area contributed by atoms with E-state index in [1.54, 1.807) is 0 Å². The molecule has 0 radical (unpaired) electrons. The van der Waals surface area contributed by atoms with Crippen LogP contribution in [-0.2, 0) is 0 Å². The van der Waals surface area contributed by atoms with E-state index < -0.39 is 0 Å². The van der Waals surface area contributed by atoms with Crippen LogP contribution in [0.5, 0.6) is 5.75 Å². The molecule has 3 nitrogen and oxygen atoms in total. The zero-order valence-corrected chi connectivity index (χ0v) is 8.00. The first kappa shape index (κ1) is 10.0. The van der Waals surface area contributed by atoms with Crippen LogP contribution in [0.25, 0.3) is 0 Å². The van der Waals surface area contributed by atoms with Crippen LogP contribution in [0.3, 0.4) is 0 Å². The van der Waals surface area contributed by atoms with Gasteiger partial charge in [0.1, 0.15) is 12.4 Å². The van der Waals surface area contributed by atoms with E-state index in [2.05, 4.69) is 5.48 Å². The van der Waals surface area contributed by atoms with Gasteiger partial charge in [-0.2, -0.15) is 0 Å². The smallest absolute Gasteiger partial charge is 0.125 e. The Bertz CT molecular complexity index is 253. The van der Waals surface area contributed by atoms with Gasteiger partial charge in [-0.1, -0.05) is 18.2 Å². The molecule has 0 bridgehead atoms. The highest BCUT2D eigenvalue weighted by molar-refractivity contribution is 5.39. The van der Waals surface area contributed by atoms with Gasteiger partial charge in [0.2, 0.25) is 0 Å². The van der Waals surface area contributed by atoms with Gasteiger partial charge in [-0.3, -0.25) is 0 Å². The highest BCUT2D eigenvalue weighted by atomic mass is 16.5. The van der Waals surface area contributed by atoms with Gasteiger partial charge < -0.3 is 9.94 Å². The second kappa shape index (κ2) is 4.84. The van der Waals surface area contributed by atoms with Crippen LogP contribution < -0.4 is 10.2 Å². The lowest BCUT2D eigenvalue weighted by molar-refractivity contribution is 0.145. The molecule has 0 aliphatic carbocycles. The van der Waals surface area contributed by atoms with E-state index in [-0.39, 0.29) is 0 Å². The molecule has 0 aliphatic rings. The number of ether oxygens (including phenoxy) is 1. The Morgan fingerprint density at radius 3 is 2.46 bits per heavy atom. The number of rotatable bonds is 4. The van der Waals surface area contributed by atoms with E-state index in [1.165, 1.54) is 0 Å². The molecule has 0 aliphatic heterocycles. The summed E-state index contributed by atoms with van der Waals surface area (Å²) in [6.45, 7) is 4.93. The molecule has 1 aromatic rings.